The van der Waals surface area contributed by atoms with Crippen LogP contribution in [0.1, 0.15) is 112 Å². The van der Waals surface area contributed by atoms with E-state index < -0.39 is 35.4 Å². The van der Waals surface area contributed by atoms with Crippen molar-refractivity contribution in [1.29, 1.82) is 0 Å². The molecular formula is C56H71N11O9S. The van der Waals surface area contributed by atoms with Crippen LogP contribution >= 0.6 is 11.8 Å². The number of carbonyl (C=O) groups excluding carboxylic acids is 7. The number of hydrogen-bond donors (Lipinski definition) is 3. The number of rotatable bonds is 23. The highest BCUT2D eigenvalue weighted by Crippen LogP contribution is 2.41. The summed E-state index contributed by atoms with van der Waals surface area (Å²) in [5.74, 6) is -0.263. The van der Waals surface area contributed by atoms with Crippen molar-refractivity contribution >= 4 is 70.6 Å². The fourth-order valence-corrected chi connectivity index (χ4v) is 10.9. The fraction of sp³-hybridized carbons (Fsp3) is 0.500. The van der Waals surface area contributed by atoms with E-state index >= 15 is 0 Å². The van der Waals surface area contributed by atoms with Crippen LogP contribution in [0.15, 0.2) is 71.9 Å². The van der Waals surface area contributed by atoms with Gasteiger partial charge in [0, 0.05) is 79.8 Å². The number of thioether (sulfide) groups is 1. The maximum atomic E-state index is 14.6. The number of imide groups is 1. The van der Waals surface area contributed by atoms with Gasteiger partial charge in [0.25, 0.3) is 17.7 Å². The number of hydrogen-bond acceptors (Lipinski definition) is 14. The van der Waals surface area contributed by atoms with Gasteiger partial charge in [0.05, 0.1) is 19.8 Å². The van der Waals surface area contributed by atoms with Crippen molar-refractivity contribution in [2.45, 2.75) is 122 Å². The third-order valence-electron chi connectivity index (χ3n) is 14.8. The quantitative estimate of drug-likeness (QED) is 0.0435. The summed E-state index contributed by atoms with van der Waals surface area (Å²) in [7, 11) is 1.89. The van der Waals surface area contributed by atoms with Crippen molar-refractivity contribution in [3.63, 3.8) is 0 Å². The van der Waals surface area contributed by atoms with E-state index in [1.807, 2.05) is 43.0 Å². The number of nitrogens with zero attached hydrogens (tertiary/aromatic N) is 8. The molecule has 3 N–H and O–H groups in total. The number of fused-ring (bicyclic) bond motifs is 1. The number of pyridine rings is 1. The van der Waals surface area contributed by atoms with Crippen molar-refractivity contribution in [2.24, 2.45) is 18.9 Å². The number of nitrogens with one attached hydrogen (secondary N) is 3. The van der Waals surface area contributed by atoms with Crippen molar-refractivity contribution in [3.05, 3.63) is 101 Å². The first-order chi connectivity index (χ1) is 36.9. The Balaban J connectivity index is 0.896. The summed E-state index contributed by atoms with van der Waals surface area (Å²) in [5.41, 5.74) is 4.14. The van der Waals surface area contributed by atoms with Gasteiger partial charge in [-0.1, -0.05) is 39.3 Å². The molecule has 0 spiro atoms. The monoisotopic (exact) mass is 1070 g/mol. The zero-order valence-corrected chi connectivity index (χ0v) is 46.0. The van der Waals surface area contributed by atoms with Gasteiger partial charge >= 0.3 is 6.09 Å². The Labute approximate surface area is 454 Å². The smallest absolute Gasteiger partial charge is 0.415 e. The number of carbonyl (C=O) groups is 7. The van der Waals surface area contributed by atoms with Crippen LogP contribution in [0.5, 0.6) is 0 Å². The van der Waals surface area contributed by atoms with Gasteiger partial charge < -0.3 is 30.0 Å². The topological polar surface area (TPSA) is 231 Å². The second kappa shape index (κ2) is 25.0. The predicted molar refractivity (Wildman–Crippen MR) is 291 cm³/mol. The van der Waals surface area contributed by atoms with E-state index in [2.05, 4.69) is 44.0 Å². The van der Waals surface area contributed by atoms with E-state index in [1.54, 1.807) is 68.0 Å². The van der Waals surface area contributed by atoms with Crippen LogP contribution in [-0.2, 0) is 72.0 Å². The van der Waals surface area contributed by atoms with Gasteiger partial charge in [0.2, 0.25) is 17.7 Å². The molecule has 2 unspecified atom stereocenters. The van der Waals surface area contributed by atoms with Gasteiger partial charge in [0.15, 0.2) is 0 Å². The average Bonchev–Trinajstić information content (AvgIpc) is 4.08. The lowest BCUT2D eigenvalue weighted by molar-refractivity contribution is -0.137. The summed E-state index contributed by atoms with van der Waals surface area (Å²) in [6.45, 7) is 13.6. The number of benzene rings is 2. The third-order valence-corrected chi connectivity index (χ3v) is 15.6. The highest BCUT2D eigenvalue weighted by molar-refractivity contribution is 7.98. The lowest BCUT2D eigenvalue weighted by Gasteiger charge is -2.42. The van der Waals surface area contributed by atoms with E-state index in [0.717, 1.165) is 58.4 Å². The first-order valence-electron chi connectivity index (χ1n) is 26.6. The summed E-state index contributed by atoms with van der Waals surface area (Å²) in [6.07, 6.45) is 10.3. The minimum absolute atomic E-state index is 0.0940. The third kappa shape index (κ3) is 13.4. The SMILES string of the molecule is CCN(C(=O)OCc1ccc(NC(=O)C(C)NC(=O)C(NC(=O)CCCCCN2C(=O)C=CC2=O)C(C)C)cc1)c1cc(C2(Cc3nncn3C)COC2)cc(N2Cc3c(SC)cc(CN4CCC[C@H](C)C4)cc3C2=O)n1. The van der Waals surface area contributed by atoms with Crippen LogP contribution in [0.3, 0.4) is 0 Å². The zero-order valence-electron chi connectivity index (χ0n) is 45.1. The number of likely N-dealkylation sites (tertiary alicyclic amines) is 1. The Hall–Kier alpha value is -6.97. The van der Waals surface area contributed by atoms with Crippen molar-refractivity contribution in [2.75, 3.05) is 60.8 Å². The summed E-state index contributed by atoms with van der Waals surface area (Å²) in [5, 5.41) is 16.8. The molecule has 6 heterocycles. The van der Waals surface area contributed by atoms with E-state index in [9.17, 15) is 33.6 Å². The van der Waals surface area contributed by atoms with Gasteiger partial charge in [-0.15, -0.1) is 22.0 Å². The van der Waals surface area contributed by atoms with E-state index in [-0.39, 0.29) is 55.7 Å². The van der Waals surface area contributed by atoms with E-state index in [4.69, 9.17) is 14.5 Å². The molecule has 77 heavy (non-hydrogen) atoms. The average molecular weight is 1070 g/mol. The summed E-state index contributed by atoms with van der Waals surface area (Å²) < 4.78 is 13.6. The number of aryl methyl sites for hydroxylation is 1. The normalized spacial score (nSPS) is 17.8. The number of anilines is 3. The number of piperidine rings is 1. The van der Waals surface area contributed by atoms with Crippen molar-refractivity contribution in [3.8, 4) is 0 Å². The Bertz CT molecular complexity index is 2870. The Kier molecular flexibility index (Phi) is 18.3. The van der Waals surface area contributed by atoms with E-state index in [1.165, 1.54) is 23.5 Å². The number of unbranched alkanes of at least 4 members (excludes halogenated alkanes) is 2. The molecule has 0 saturated carbocycles. The summed E-state index contributed by atoms with van der Waals surface area (Å²) in [6, 6.07) is 13.0. The molecule has 0 radical (unpaired) electrons. The molecule has 0 aliphatic carbocycles. The number of ether oxygens (including phenoxy) is 2. The molecule has 8 rings (SSSR count). The highest BCUT2D eigenvalue weighted by atomic mass is 32.2. The van der Waals surface area contributed by atoms with Crippen LogP contribution in [0.25, 0.3) is 0 Å². The van der Waals surface area contributed by atoms with Crippen LogP contribution in [0.4, 0.5) is 22.1 Å². The molecule has 4 aliphatic rings. The molecule has 0 bridgehead atoms. The molecule has 4 aliphatic heterocycles. The standard InChI is InChI=1S/C56H71N11O9S/c1-8-65(55(74)76-31-38-15-17-41(18-16-38)59-52(71)37(5)58-53(72)51(35(2)3)61-48(68)14-10-9-11-22-66-49(69)19-20-50(66)70)45-25-40(56(32-75-33-56)27-47-62-57-34-63(47)6)26-46(60-45)67-30-43-42(54(67)73)23-39(24-44(43)77-7)29-64-21-12-13-36(4)28-64/h15-20,23-26,34-37,51H,8-14,21-22,27-33H2,1-7H3,(H,58,72)(H,59,71)(H,61,68)/t36-,37?,51?/m0/s1. The van der Waals surface area contributed by atoms with E-state index in [0.29, 0.717) is 79.8 Å². The molecule has 2 aromatic carbocycles. The number of amides is 7. The maximum absolute atomic E-state index is 14.6. The Morgan fingerprint density at radius 2 is 1.70 bits per heavy atom. The minimum Gasteiger partial charge on any atom is -0.444 e. The first-order valence-corrected chi connectivity index (χ1v) is 27.8. The first kappa shape index (κ1) is 56.2. The van der Waals surface area contributed by atoms with Crippen LogP contribution in [0, 0.1) is 11.8 Å². The molecule has 21 heteroatoms. The predicted octanol–water partition coefficient (Wildman–Crippen LogP) is 6.07. The second-order valence-electron chi connectivity index (χ2n) is 21.1. The summed E-state index contributed by atoms with van der Waals surface area (Å²) in [4.78, 5) is 105. The van der Waals surface area contributed by atoms with Gasteiger partial charge in [0.1, 0.15) is 42.5 Å². The molecule has 3 atom stereocenters. The molecule has 7 amide bonds. The van der Waals surface area contributed by atoms with Crippen molar-refractivity contribution < 1.29 is 43.0 Å². The molecule has 20 nitrogen and oxygen atoms in total. The fourth-order valence-electron chi connectivity index (χ4n) is 10.2. The zero-order chi connectivity index (χ0) is 55.0. The molecular weight excluding hydrogens is 1000 g/mol. The van der Waals surface area contributed by atoms with Gasteiger partial charge in [-0.05, 0) is 123 Å². The van der Waals surface area contributed by atoms with Crippen LogP contribution < -0.4 is 25.8 Å². The number of aromatic nitrogens is 4. The molecule has 410 valence electrons. The van der Waals surface area contributed by atoms with Crippen LogP contribution in [-0.4, -0.2) is 129 Å². The molecule has 2 saturated heterocycles. The Morgan fingerprint density at radius 1 is 0.948 bits per heavy atom. The summed E-state index contributed by atoms with van der Waals surface area (Å²) >= 11 is 1.63. The van der Waals surface area contributed by atoms with Crippen molar-refractivity contribution in [1.82, 2.24) is 40.2 Å². The van der Waals surface area contributed by atoms with Crippen LogP contribution in [0.2, 0.25) is 0 Å². The highest BCUT2D eigenvalue weighted by Gasteiger charge is 2.44. The largest absolute Gasteiger partial charge is 0.444 e. The molecule has 2 fully saturated rings. The molecule has 4 aromatic rings. The van der Waals surface area contributed by atoms with Gasteiger partial charge in [-0.25, -0.2) is 9.78 Å². The maximum Gasteiger partial charge on any atom is 0.415 e. The van der Waals surface area contributed by atoms with Gasteiger partial charge in [-0.2, -0.15) is 0 Å². The second-order valence-corrected chi connectivity index (χ2v) is 21.9. The minimum atomic E-state index is -0.948. The lowest BCUT2D eigenvalue weighted by Crippen LogP contribution is -2.53. The molecule has 2 aromatic heterocycles. The Morgan fingerprint density at radius 3 is 2.35 bits per heavy atom. The lowest BCUT2D eigenvalue weighted by atomic mass is 9.75. The van der Waals surface area contributed by atoms with Gasteiger partial charge in [-0.3, -0.25) is 48.4 Å².